The molecule has 1 N–H and O–H groups in total. The first-order chi connectivity index (χ1) is 16.4. The van der Waals surface area contributed by atoms with Crippen LogP contribution in [0.3, 0.4) is 0 Å². The quantitative estimate of drug-likeness (QED) is 0.539. The minimum absolute atomic E-state index is 0.279. The summed E-state index contributed by atoms with van der Waals surface area (Å²) < 4.78 is 80.8. The summed E-state index contributed by atoms with van der Waals surface area (Å²) in [6.45, 7) is 6.22. The van der Waals surface area contributed by atoms with Crippen molar-refractivity contribution in [1.82, 2.24) is 9.62 Å². The van der Waals surface area contributed by atoms with E-state index in [2.05, 4.69) is 9.64 Å². The Morgan fingerprint density at radius 1 is 1.03 bits per heavy atom. The lowest BCUT2D eigenvalue weighted by atomic mass is 10.00. The number of alkyl halides is 3. The number of carbonyl (C=O) groups excluding carboxylic acids is 1. The number of halogens is 4. The van der Waals surface area contributed by atoms with Crippen molar-refractivity contribution in [3.05, 3.63) is 58.9 Å². The molecule has 0 bridgehead atoms. The van der Waals surface area contributed by atoms with Crippen LogP contribution in [0.1, 0.15) is 35.3 Å². The van der Waals surface area contributed by atoms with Crippen LogP contribution in [0.4, 0.5) is 23.2 Å². The van der Waals surface area contributed by atoms with E-state index in [1.165, 1.54) is 31.2 Å². The van der Waals surface area contributed by atoms with E-state index in [0.717, 1.165) is 11.3 Å². The zero-order valence-corrected chi connectivity index (χ0v) is 20.2. The number of sulfonamides is 1. The van der Waals surface area contributed by atoms with Crippen LogP contribution in [0.5, 0.6) is 5.75 Å². The average molecular weight is 518 g/mol. The van der Waals surface area contributed by atoms with Gasteiger partial charge in [-0.15, -0.1) is 13.2 Å². The summed E-state index contributed by atoms with van der Waals surface area (Å²) >= 11 is 0. The SMILES string of the molecule is CCc1cc(C(=O)NS(=O)(=O)CC)c(F)cc1CN1CCN(c2ccc(OC(F)(F)F)cc2)CC1. The Balaban J connectivity index is 1.63. The Hall–Kier alpha value is -2.86. The van der Waals surface area contributed by atoms with Gasteiger partial charge in [0, 0.05) is 38.4 Å². The van der Waals surface area contributed by atoms with E-state index in [1.54, 1.807) is 12.1 Å². The van der Waals surface area contributed by atoms with Crippen LogP contribution in [0.15, 0.2) is 36.4 Å². The molecule has 1 amide bonds. The fraction of sp³-hybridized carbons (Fsp3) is 0.435. The Kier molecular flexibility index (Phi) is 8.26. The molecule has 0 aromatic heterocycles. The third kappa shape index (κ3) is 7.31. The standard InChI is InChI=1S/C23H27F4N3O4S/c1-3-16-13-20(22(31)28-35(32,33)4-2)21(24)14-17(16)15-29-9-11-30(12-10-29)18-5-7-19(8-6-18)34-23(25,26)27/h5-8,13-14H,3-4,9-12,15H2,1-2H3,(H,28,31). The van der Waals surface area contributed by atoms with Gasteiger partial charge in [0.2, 0.25) is 10.0 Å². The van der Waals surface area contributed by atoms with Crippen molar-refractivity contribution in [3.8, 4) is 5.75 Å². The number of amides is 1. The summed E-state index contributed by atoms with van der Waals surface area (Å²) in [5, 5.41) is 0. The molecule has 2 aromatic rings. The molecular weight excluding hydrogens is 490 g/mol. The molecule has 192 valence electrons. The molecule has 0 radical (unpaired) electrons. The van der Waals surface area contributed by atoms with Crippen molar-refractivity contribution in [1.29, 1.82) is 0 Å². The number of nitrogens with zero attached hydrogens (tertiary/aromatic N) is 2. The summed E-state index contributed by atoms with van der Waals surface area (Å²) in [5.74, 6) is -2.36. The lowest BCUT2D eigenvalue weighted by Gasteiger charge is -2.36. The van der Waals surface area contributed by atoms with Gasteiger partial charge in [0.15, 0.2) is 0 Å². The van der Waals surface area contributed by atoms with Crippen molar-refractivity contribution in [2.75, 3.05) is 36.8 Å². The largest absolute Gasteiger partial charge is 0.573 e. The average Bonchev–Trinajstić information content (AvgIpc) is 2.79. The smallest absolute Gasteiger partial charge is 0.406 e. The fourth-order valence-corrected chi connectivity index (χ4v) is 4.38. The van der Waals surface area contributed by atoms with Gasteiger partial charge in [0.25, 0.3) is 5.91 Å². The molecule has 3 rings (SSSR count). The number of benzene rings is 2. The number of nitrogens with one attached hydrogen (secondary N) is 1. The van der Waals surface area contributed by atoms with Gasteiger partial charge in [0.05, 0.1) is 11.3 Å². The van der Waals surface area contributed by atoms with Crippen molar-refractivity contribution >= 4 is 21.6 Å². The first-order valence-electron chi connectivity index (χ1n) is 11.1. The zero-order chi connectivity index (χ0) is 25.8. The molecule has 0 atom stereocenters. The molecule has 12 heteroatoms. The lowest BCUT2D eigenvalue weighted by molar-refractivity contribution is -0.274. The second-order valence-corrected chi connectivity index (χ2v) is 10.1. The normalized spacial score (nSPS) is 15.2. The van der Waals surface area contributed by atoms with Crippen molar-refractivity contribution in [3.63, 3.8) is 0 Å². The van der Waals surface area contributed by atoms with Crippen molar-refractivity contribution in [2.24, 2.45) is 0 Å². The Morgan fingerprint density at radius 3 is 2.20 bits per heavy atom. The number of aryl methyl sites for hydroxylation is 1. The molecule has 0 saturated carbocycles. The van der Waals surface area contributed by atoms with Crippen LogP contribution in [-0.4, -0.2) is 57.5 Å². The van der Waals surface area contributed by atoms with Crippen molar-refractivity contribution < 1.29 is 35.5 Å². The van der Waals surface area contributed by atoms with Crippen LogP contribution in [0.2, 0.25) is 0 Å². The first kappa shape index (κ1) is 26.7. The van der Waals surface area contributed by atoms with E-state index in [-0.39, 0.29) is 17.1 Å². The molecule has 2 aromatic carbocycles. The van der Waals surface area contributed by atoms with E-state index in [1.807, 2.05) is 16.5 Å². The van der Waals surface area contributed by atoms with Crippen LogP contribution in [0, 0.1) is 5.82 Å². The van der Waals surface area contributed by atoms with Gasteiger partial charge in [-0.2, -0.15) is 0 Å². The third-order valence-electron chi connectivity index (χ3n) is 5.74. The third-order valence-corrected chi connectivity index (χ3v) is 7.00. The van der Waals surface area contributed by atoms with E-state index in [9.17, 15) is 30.8 Å². The van der Waals surface area contributed by atoms with Crippen LogP contribution < -0.4 is 14.4 Å². The number of rotatable bonds is 8. The van der Waals surface area contributed by atoms with Gasteiger partial charge < -0.3 is 9.64 Å². The molecule has 1 fully saturated rings. The monoisotopic (exact) mass is 517 g/mol. The number of anilines is 1. The highest BCUT2D eigenvalue weighted by Gasteiger charge is 2.31. The van der Waals surface area contributed by atoms with Gasteiger partial charge in [-0.1, -0.05) is 6.92 Å². The van der Waals surface area contributed by atoms with E-state index in [0.29, 0.717) is 44.7 Å². The van der Waals surface area contributed by atoms with Gasteiger partial charge in [-0.25, -0.2) is 17.5 Å². The summed E-state index contributed by atoms with van der Waals surface area (Å²) in [5.41, 5.74) is 1.91. The Labute approximate surface area is 201 Å². The molecule has 1 heterocycles. The number of piperazine rings is 1. The predicted octanol–water partition coefficient (Wildman–Crippen LogP) is 3.69. The first-order valence-corrected chi connectivity index (χ1v) is 12.7. The van der Waals surface area contributed by atoms with E-state index < -0.39 is 28.1 Å². The second-order valence-electron chi connectivity index (χ2n) is 8.09. The summed E-state index contributed by atoms with van der Waals surface area (Å²) in [6.07, 6.45) is -4.21. The van der Waals surface area contributed by atoms with Gasteiger partial charge in [0.1, 0.15) is 11.6 Å². The topological polar surface area (TPSA) is 79.0 Å². The Bertz CT molecular complexity index is 1150. The number of carbonyl (C=O) groups is 1. The fourth-order valence-electron chi connectivity index (χ4n) is 3.84. The second kappa shape index (κ2) is 10.8. The molecule has 1 aliphatic rings. The van der Waals surface area contributed by atoms with Gasteiger partial charge in [-0.05, 0) is 60.9 Å². The summed E-state index contributed by atoms with van der Waals surface area (Å²) in [4.78, 5) is 16.4. The molecule has 7 nitrogen and oxygen atoms in total. The van der Waals surface area contributed by atoms with Crippen molar-refractivity contribution in [2.45, 2.75) is 33.2 Å². The summed E-state index contributed by atoms with van der Waals surface area (Å²) in [7, 11) is -3.81. The van der Waals surface area contributed by atoms with E-state index in [4.69, 9.17) is 0 Å². The lowest BCUT2D eigenvalue weighted by Crippen LogP contribution is -2.46. The molecule has 1 aliphatic heterocycles. The highest BCUT2D eigenvalue weighted by atomic mass is 32.2. The maximum absolute atomic E-state index is 14.7. The maximum atomic E-state index is 14.7. The molecule has 1 saturated heterocycles. The van der Waals surface area contributed by atoms with Crippen LogP contribution in [-0.2, 0) is 23.0 Å². The van der Waals surface area contributed by atoms with Gasteiger partial charge in [-0.3, -0.25) is 9.69 Å². The Morgan fingerprint density at radius 2 is 1.66 bits per heavy atom. The molecule has 0 unspecified atom stereocenters. The molecule has 0 spiro atoms. The number of hydrogen-bond donors (Lipinski definition) is 1. The number of ether oxygens (including phenoxy) is 1. The molecule has 0 aliphatic carbocycles. The summed E-state index contributed by atoms with van der Waals surface area (Å²) in [6, 6.07) is 8.36. The van der Waals surface area contributed by atoms with Gasteiger partial charge >= 0.3 is 6.36 Å². The number of hydrogen-bond acceptors (Lipinski definition) is 6. The highest BCUT2D eigenvalue weighted by molar-refractivity contribution is 7.90. The minimum Gasteiger partial charge on any atom is -0.406 e. The van der Waals surface area contributed by atoms with E-state index >= 15 is 0 Å². The zero-order valence-electron chi connectivity index (χ0n) is 19.4. The van der Waals surface area contributed by atoms with Crippen LogP contribution >= 0.6 is 0 Å². The van der Waals surface area contributed by atoms with Crippen LogP contribution in [0.25, 0.3) is 0 Å². The predicted molar refractivity (Wildman–Crippen MR) is 123 cm³/mol. The molecular formula is C23H27F4N3O4S. The highest BCUT2D eigenvalue weighted by Crippen LogP contribution is 2.26. The molecule has 35 heavy (non-hydrogen) atoms. The maximum Gasteiger partial charge on any atom is 0.573 e. The minimum atomic E-state index is -4.74.